The molecule has 0 bridgehead atoms. The van der Waals surface area contributed by atoms with Crippen LogP contribution in [0.25, 0.3) is 0 Å². The molecule has 0 radical (unpaired) electrons. The van der Waals surface area contributed by atoms with Crippen LogP contribution in [-0.4, -0.2) is 5.60 Å². The molecular weight excluding hydrogens is 138 g/mol. The summed E-state index contributed by atoms with van der Waals surface area (Å²) >= 11 is 0. The fraction of sp³-hybridized carbons (Fsp3) is 0.889. The first-order valence-electron chi connectivity index (χ1n) is 4.28. The van der Waals surface area contributed by atoms with Gasteiger partial charge in [0.05, 0.1) is 6.07 Å². The Morgan fingerprint density at radius 2 is 1.91 bits per heavy atom. The quantitative estimate of drug-likeness (QED) is 0.567. The molecule has 0 unspecified atom stereocenters. The Labute approximate surface area is 67.8 Å². The number of nitriles is 1. The Morgan fingerprint density at radius 1 is 1.36 bits per heavy atom. The van der Waals surface area contributed by atoms with Crippen LogP contribution < -0.4 is 5.11 Å². The van der Waals surface area contributed by atoms with Crippen LogP contribution in [0, 0.1) is 17.2 Å². The van der Waals surface area contributed by atoms with E-state index in [2.05, 4.69) is 0 Å². The molecule has 0 N–H and O–H groups in total. The third-order valence-electron chi connectivity index (χ3n) is 2.61. The molecule has 0 spiro atoms. The fourth-order valence-corrected chi connectivity index (χ4v) is 1.74. The largest absolute Gasteiger partial charge is 0.838 e. The van der Waals surface area contributed by atoms with E-state index in [1.54, 1.807) is 0 Å². The smallest absolute Gasteiger partial charge is 0.0509 e. The topological polar surface area (TPSA) is 46.8 Å². The highest BCUT2D eigenvalue weighted by Crippen LogP contribution is 2.30. The highest BCUT2D eigenvalue weighted by atomic mass is 16.3. The predicted octanol–water partition coefficient (Wildman–Crippen LogP) is 1.21. The minimum Gasteiger partial charge on any atom is -0.838 e. The van der Waals surface area contributed by atoms with E-state index >= 15 is 0 Å². The maximum absolute atomic E-state index is 11.5. The summed E-state index contributed by atoms with van der Waals surface area (Å²) in [6.07, 6.45) is 5.40. The van der Waals surface area contributed by atoms with Gasteiger partial charge in [-0.1, -0.05) is 39.0 Å². The molecule has 0 aliphatic heterocycles. The second-order valence-corrected chi connectivity index (χ2v) is 3.55. The summed E-state index contributed by atoms with van der Waals surface area (Å²) in [6.45, 7) is 1.52. The Balaban J connectivity index is 2.52. The minimum absolute atomic E-state index is 0.0984. The summed E-state index contributed by atoms with van der Waals surface area (Å²) in [7, 11) is 0. The van der Waals surface area contributed by atoms with Gasteiger partial charge in [-0.25, -0.2) is 0 Å². The van der Waals surface area contributed by atoms with Gasteiger partial charge < -0.3 is 5.11 Å². The van der Waals surface area contributed by atoms with E-state index in [1.807, 2.05) is 6.07 Å². The van der Waals surface area contributed by atoms with E-state index in [4.69, 9.17) is 5.26 Å². The van der Waals surface area contributed by atoms with Gasteiger partial charge in [-0.2, -0.15) is 5.26 Å². The van der Waals surface area contributed by atoms with Crippen LogP contribution in [0.4, 0.5) is 0 Å². The van der Waals surface area contributed by atoms with Crippen LogP contribution in [-0.2, 0) is 0 Å². The Morgan fingerprint density at radius 3 is 2.36 bits per heavy atom. The fourth-order valence-electron chi connectivity index (χ4n) is 1.74. The molecule has 1 saturated carbocycles. The highest BCUT2D eigenvalue weighted by molar-refractivity contribution is 5.00. The van der Waals surface area contributed by atoms with E-state index in [9.17, 15) is 5.11 Å². The van der Waals surface area contributed by atoms with Crippen molar-refractivity contribution in [1.29, 1.82) is 5.26 Å². The zero-order valence-electron chi connectivity index (χ0n) is 6.97. The van der Waals surface area contributed by atoms with E-state index in [0.29, 0.717) is 0 Å². The monoisotopic (exact) mass is 152 g/mol. The van der Waals surface area contributed by atoms with Gasteiger partial charge in [0.25, 0.3) is 0 Å². The summed E-state index contributed by atoms with van der Waals surface area (Å²) in [5.41, 5.74) is -1.33. The molecule has 1 atom stereocenters. The lowest BCUT2D eigenvalue weighted by molar-refractivity contribution is -0.465. The molecule has 0 amide bonds. The molecule has 0 aromatic rings. The van der Waals surface area contributed by atoms with E-state index in [-0.39, 0.29) is 5.92 Å². The van der Waals surface area contributed by atoms with Crippen molar-refractivity contribution in [3.8, 4) is 6.07 Å². The van der Waals surface area contributed by atoms with Crippen LogP contribution in [0.3, 0.4) is 0 Å². The van der Waals surface area contributed by atoms with Crippen LogP contribution in [0.1, 0.15) is 39.0 Å². The van der Waals surface area contributed by atoms with Gasteiger partial charge >= 0.3 is 0 Å². The van der Waals surface area contributed by atoms with Gasteiger partial charge in [-0.15, -0.1) is 0 Å². The molecule has 1 aliphatic rings. The summed E-state index contributed by atoms with van der Waals surface area (Å²) in [4.78, 5) is 0. The van der Waals surface area contributed by atoms with E-state index < -0.39 is 5.60 Å². The highest BCUT2D eigenvalue weighted by Gasteiger charge is 2.24. The van der Waals surface area contributed by atoms with Crippen molar-refractivity contribution in [3.05, 3.63) is 0 Å². The Hall–Kier alpha value is -0.550. The van der Waals surface area contributed by atoms with Gasteiger partial charge in [-0.3, -0.25) is 0 Å². The standard InChI is InChI=1S/C9H14NO/c1-9(11,7-10)8-5-3-2-4-6-8/h8H,2-6H2,1H3/q-1/t9-/m0/s1. The third kappa shape index (κ3) is 1.94. The average molecular weight is 152 g/mol. The zero-order chi connectivity index (χ0) is 8.32. The molecule has 0 saturated heterocycles. The van der Waals surface area contributed by atoms with Crippen molar-refractivity contribution < 1.29 is 5.11 Å². The van der Waals surface area contributed by atoms with Gasteiger partial charge in [0.15, 0.2) is 0 Å². The minimum atomic E-state index is -1.33. The van der Waals surface area contributed by atoms with Crippen LogP contribution >= 0.6 is 0 Å². The number of rotatable bonds is 1. The van der Waals surface area contributed by atoms with E-state index in [1.165, 1.54) is 13.3 Å². The van der Waals surface area contributed by atoms with Gasteiger partial charge in [-0.05, 0) is 11.5 Å². The van der Waals surface area contributed by atoms with Crippen molar-refractivity contribution in [2.75, 3.05) is 0 Å². The second-order valence-electron chi connectivity index (χ2n) is 3.55. The normalized spacial score (nSPS) is 25.5. The molecular formula is C9H14NO-. The Bertz CT molecular complexity index is 163. The summed E-state index contributed by atoms with van der Waals surface area (Å²) in [5, 5.41) is 20.0. The molecule has 0 aromatic carbocycles. The van der Waals surface area contributed by atoms with Crippen molar-refractivity contribution in [1.82, 2.24) is 0 Å². The number of nitrogens with zero attached hydrogens (tertiary/aromatic N) is 1. The first-order valence-corrected chi connectivity index (χ1v) is 4.28. The SMILES string of the molecule is C[C@]([O-])(C#N)C1CCCCC1. The average Bonchev–Trinajstić information content (AvgIpc) is 2.06. The Kier molecular flexibility index (Phi) is 2.51. The van der Waals surface area contributed by atoms with Crippen LogP contribution in [0.5, 0.6) is 0 Å². The van der Waals surface area contributed by atoms with Crippen molar-refractivity contribution >= 4 is 0 Å². The lowest BCUT2D eigenvalue weighted by Gasteiger charge is -2.39. The maximum Gasteiger partial charge on any atom is 0.0509 e. The molecule has 2 heteroatoms. The second kappa shape index (κ2) is 3.23. The first kappa shape index (κ1) is 8.55. The van der Waals surface area contributed by atoms with Crippen LogP contribution in [0.2, 0.25) is 0 Å². The van der Waals surface area contributed by atoms with E-state index in [0.717, 1.165) is 25.7 Å². The van der Waals surface area contributed by atoms with Gasteiger partial charge in [0.1, 0.15) is 0 Å². The first-order chi connectivity index (χ1) is 5.17. The number of hydrogen-bond acceptors (Lipinski definition) is 2. The molecule has 62 valence electrons. The molecule has 2 nitrogen and oxygen atoms in total. The molecule has 1 aliphatic carbocycles. The number of hydrogen-bond donors (Lipinski definition) is 0. The van der Waals surface area contributed by atoms with Crippen molar-refractivity contribution in [2.45, 2.75) is 44.6 Å². The third-order valence-corrected chi connectivity index (χ3v) is 2.61. The lowest BCUT2D eigenvalue weighted by Crippen LogP contribution is -2.47. The molecule has 11 heavy (non-hydrogen) atoms. The molecule has 1 fully saturated rings. The zero-order valence-corrected chi connectivity index (χ0v) is 6.97. The summed E-state index contributed by atoms with van der Waals surface area (Å²) < 4.78 is 0. The van der Waals surface area contributed by atoms with Crippen molar-refractivity contribution in [2.24, 2.45) is 5.92 Å². The molecule has 0 aromatic heterocycles. The van der Waals surface area contributed by atoms with Crippen molar-refractivity contribution in [3.63, 3.8) is 0 Å². The van der Waals surface area contributed by atoms with Gasteiger partial charge in [0.2, 0.25) is 0 Å². The predicted molar refractivity (Wildman–Crippen MR) is 40.6 cm³/mol. The lowest BCUT2D eigenvalue weighted by atomic mass is 9.79. The maximum atomic E-state index is 11.5. The molecule has 0 heterocycles. The van der Waals surface area contributed by atoms with Gasteiger partial charge in [0, 0.05) is 0 Å². The summed E-state index contributed by atoms with van der Waals surface area (Å²) in [5.74, 6) is 0.0984. The van der Waals surface area contributed by atoms with Crippen LogP contribution in [0.15, 0.2) is 0 Å². The molecule has 1 rings (SSSR count). The summed E-state index contributed by atoms with van der Waals surface area (Å²) in [6, 6.07) is 1.86.